The standard InChI is InChI=1S/C16H15N3O4/c1-18-12-6-2-3-7-13(12)19(16(22)15(18)21)10-14(20)17-9-11-5-4-8-23-11/h2-8H,9-10H2,1H3,(H,17,20). The van der Waals surface area contributed by atoms with Gasteiger partial charge >= 0.3 is 11.1 Å². The van der Waals surface area contributed by atoms with E-state index in [-0.39, 0.29) is 19.0 Å². The topological polar surface area (TPSA) is 86.2 Å². The van der Waals surface area contributed by atoms with Gasteiger partial charge in [-0.2, -0.15) is 0 Å². The van der Waals surface area contributed by atoms with Gasteiger partial charge in [0.1, 0.15) is 12.3 Å². The van der Waals surface area contributed by atoms with Crippen LogP contribution in [-0.4, -0.2) is 15.0 Å². The molecule has 7 nitrogen and oxygen atoms in total. The fourth-order valence-corrected chi connectivity index (χ4v) is 2.41. The molecule has 0 saturated heterocycles. The molecule has 2 aromatic heterocycles. The fraction of sp³-hybridized carbons (Fsp3) is 0.188. The lowest BCUT2D eigenvalue weighted by Gasteiger charge is -2.12. The van der Waals surface area contributed by atoms with Gasteiger partial charge in [0.25, 0.3) is 0 Å². The number of furan rings is 1. The van der Waals surface area contributed by atoms with Gasteiger partial charge in [-0.25, -0.2) is 0 Å². The van der Waals surface area contributed by atoms with Crippen molar-refractivity contribution in [3.63, 3.8) is 0 Å². The van der Waals surface area contributed by atoms with Crippen molar-refractivity contribution in [3.05, 3.63) is 69.1 Å². The van der Waals surface area contributed by atoms with Gasteiger partial charge in [-0.15, -0.1) is 0 Å². The number of aryl methyl sites for hydroxylation is 1. The van der Waals surface area contributed by atoms with Gasteiger partial charge < -0.3 is 14.3 Å². The van der Waals surface area contributed by atoms with Crippen LogP contribution in [0.25, 0.3) is 11.0 Å². The number of hydrogen-bond donors (Lipinski definition) is 1. The third kappa shape index (κ3) is 2.80. The maximum atomic E-state index is 12.2. The summed E-state index contributed by atoms with van der Waals surface area (Å²) in [6.45, 7) is -0.000501. The Labute approximate surface area is 130 Å². The number of fused-ring (bicyclic) bond motifs is 1. The third-order valence-electron chi connectivity index (χ3n) is 3.61. The molecule has 0 saturated carbocycles. The quantitative estimate of drug-likeness (QED) is 0.715. The number of nitrogens with one attached hydrogen (secondary N) is 1. The number of hydrogen-bond acceptors (Lipinski definition) is 4. The van der Waals surface area contributed by atoms with Gasteiger partial charge in [0, 0.05) is 7.05 Å². The molecule has 0 bridgehead atoms. The molecule has 0 aliphatic rings. The van der Waals surface area contributed by atoms with Crippen molar-refractivity contribution in [3.8, 4) is 0 Å². The zero-order chi connectivity index (χ0) is 16.4. The van der Waals surface area contributed by atoms with Crippen LogP contribution in [0, 0.1) is 0 Å². The van der Waals surface area contributed by atoms with E-state index >= 15 is 0 Å². The third-order valence-corrected chi connectivity index (χ3v) is 3.61. The van der Waals surface area contributed by atoms with Crippen molar-refractivity contribution < 1.29 is 9.21 Å². The van der Waals surface area contributed by atoms with E-state index in [0.717, 1.165) is 0 Å². The molecule has 3 aromatic rings. The lowest BCUT2D eigenvalue weighted by molar-refractivity contribution is -0.121. The molecule has 3 rings (SSSR count). The highest BCUT2D eigenvalue weighted by Gasteiger charge is 2.13. The molecule has 0 aliphatic carbocycles. The van der Waals surface area contributed by atoms with E-state index in [1.54, 1.807) is 36.4 Å². The second-order valence-corrected chi connectivity index (χ2v) is 5.10. The molecule has 0 radical (unpaired) electrons. The summed E-state index contributed by atoms with van der Waals surface area (Å²) in [5, 5.41) is 2.66. The summed E-state index contributed by atoms with van der Waals surface area (Å²) >= 11 is 0. The Hall–Kier alpha value is -3.09. The molecule has 0 unspecified atom stereocenters. The molecule has 23 heavy (non-hydrogen) atoms. The second-order valence-electron chi connectivity index (χ2n) is 5.10. The van der Waals surface area contributed by atoms with Crippen LogP contribution in [0.15, 0.2) is 56.7 Å². The van der Waals surface area contributed by atoms with Crippen LogP contribution in [0.2, 0.25) is 0 Å². The van der Waals surface area contributed by atoms with E-state index in [1.165, 1.54) is 22.4 Å². The molecule has 118 valence electrons. The number of carbonyl (C=O) groups excluding carboxylic acids is 1. The minimum absolute atomic E-state index is 0.226. The number of carbonyl (C=O) groups is 1. The van der Waals surface area contributed by atoms with Gasteiger partial charge in [0.15, 0.2) is 0 Å². The van der Waals surface area contributed by atoms with Gasteiger partial charge in [-0.3, -0.25) is 19.0 Å². The zero-order valence-electron chi connectivity index (χ0n) is 12.5. The minimum atomic E-state index is -0.723. The SMILES string of the molecule is Cn1c(=O)c(=O)n(CC(=O)NCc2ccco2)c2ccccc21. The van der Waals surface area contributed by atoms with Crippen LogP contribution >= 0.6 is 0 Å². The van der Waals surface area contributed by atoms with E-state index in [2.05, 4.69) is 5.32 Å². The van der Waals surface area contributed by atoms with Gasteiger partial charge in [0.05, 0.1) is 23.8 Å². The first kappa shape index (κ1) is 14.8. The Morgan fingerprint density at radius 1 is 1.09 bits per heavy atom. The molecule has 0 fully saturated rings. The number of aromatic nitrogens is 2. The maximum Gasteiger partial charge on any atom is 0.317 e. The Morgan fingerprint density at radius 3 is 2.52 bits per heavy atom. The normalized spacial score (nSPS) is 10.8. The number of amides is 1. The molecule has 7 heteroatoms. The van der Waals surface area contributed by atoms with Crippen molar-refractivity contribution in [2.45, 2.75) is 13.1 Å². The van der Waals surface area contributed by atoms with Crippen molar-refractivity contribution in [1.29, 1.82) is 0 Å². The van der Waals surface area contributed by atoms with E-state index in [1.807, 2.05) is 0 Å². The molecule has 2 heterocycles. The molecular weight excluding hydrogens is 298 g/mol. The van der Waals surface area contributed by atoms with Crippen LogP contribution in [0.5, 0.6) is 0 Å². The molecule has 0 aliphatic heterocycles. The number of nitrogens with zero attached hydrogens (tertiary/aromatic N) is 2. The summed E-state index contributed by atoms with van der Waals surface area (Å²) in [4.78, 5) is 36.3. The number of para-hydroxylation sites is 2. The molecule has 0 spiro atoms. The predicted molar refractivity (Wildman–Crippen MR) is 84.0 cm³/mol. The van der Waals surface area contributed by atoms with Crippen LogP contribution in [0.4, 0.5) is 0 Å². The number of rotatable bonds is 4. The molecule has 1 amide bonds. The highest BCUT2D eigenvalue weighted by atomic mass is 16.3. The maximum absolute atomic E-state index is 12.2. The van der Waals surface area contributed by atoms with Crippen molar-refractivity contribution in [2.24, 2.45) is 7.05 Å². The molecular formula is C16H15N3O4. The van der Waals surface area contributed by atoms with Gasteiger partial charge in [-0.05, 0) is 24.3 Å². The summed E-state index contributed by atoms with van der Waals surface area (Å²) in [6, 6.07) is 10.4. The second kappa shape index (κ2) is 5.96. The van der Waals surface area contributed by atoms with Gasteiger partial charge in [-0.1, -0.05) is 12.1 Å². The average molecular weight is 313 g/mol. The summed E-state index contributed by atoms with van der Waals surface area (Å²) < 4.78 is 7.60. The number of benzene rings is 1. The summed E-state index contributed by atoms with van der Waals surface area (Å²) in [6.07, 6.45) is 1.51. The van der Waals surface area contributed by atoms with Crippen LogP contribution in [-0.2, 0) is 24.9 Å². The largest absolute Gasteiger partial charge is 0.467 e. The lowest BCUT2D eigenvalue weighted by Crippen LogP contribution is -2.43. The van der Waals surface area contributed by atoms with E-state index in [0.29, 0.717) is 16.8 Å². The first-order chi connectivity index (χ1) is 11.1. The average Bonchev–Trinajstić information content (AvgIpc) is 3.08. The highest BCUT2D eigenvalue weighted by Crippen LogP contribution is 2.09. The summed E-state index contributed by atoms with van der Waals surface area (Å²) in [5.74, 6) is 0.237. The Balaban J connectivity index is 1.92. The van der Waals surface area contributed by atoms with Crippen LogP contribution < -0.4 is 16.4 Å². The smallest absolute Gasteiger partial charge is 0.317 e. The summed E-state index contributed by atoms with van der Waals surface area (Å²) in [7, 11) is 1.54. The van der Waals surface area contributed by atoms with Crippen molar-refractivity contribution in [1.82, 2.24) is 14.5 Å². The van der Waals surface area contributed by atoms with Crippen LogP contribution in [0.3, 0.4) is 0 Å². The van der Waals surface area contributed by atoms with E-state index < -0.39 is 11.1 Å². The predicted octanol–water partition coefficient (Wildman–Crippen LogP) is 0.610. The van der Waals surface area contributed by atoms with Crippen molar-refractivity contribution >= 4 is 16.9 Å². The lowest BCUT2D eigenvalue weighted by atomic mass is 10.3. The fourth-order valence-electron chi connectivity index (χ4n) is 2.41. The Bertz CT molecular complexity index is 967. The Kier molecular flexibility index (Phi) is 3.84. The first-order valence-electron chi connectivity index (χ1n) is 7.05. The molecule has 1 aromatic carbocycles. The van der Waals surface area contributed by atoms with Gasteiger partial charge in [0.2, 0.25) is 5.91 Å². The van der Waals surface area contributed by atoms with E-state index in [9.17, 15) is 14.4 Å². The van der Waals surface area contributed by atoms with Crippen molar-refractivity contribution in [2.75, 3.05) is 0 Å². The highest BCUT2D eigenvalue weighted by molar-refractivity contribution is 5.80. The Morgan fingerprint density at radius 2 is 1.83 bits per heavy atom. The molecule has 1 N–H and O–H groups in total. The van der Waals surface area contributed by atoms with E-state index in [4.69, 9.17) is 4.42 Å². The zero-order valence-corrected chi connectivity index (χ0v) is 12.5. The molecule has 0 atom stereocenters. The van der Waals surface area contributed by atoms with Crippen LogP contribution in [0.1, 0.15) is 5.76 Å². The first-order valence-corrected chi connectivity index (χ1v) is 7.05. The minimum Gasteiger partial charge on any atom is -0.467 e. The summed E-state index contributed by atoms with van der Waals surface area (Å²) in [5.41, 5.74) is -0.259. The monoisotopic (exact) mass is 313 g/mol.